The Morgan fingerprint density at radius 2 is 1.66 bits per heavy atom. The number of thiocarbonyl (C=S) groups is 1. The average Bonchev–Trinajstić information content (AvgIpc) is 3.20. The van der Waals surface area contributed by atoms with E-state index in [1.807, 2.05) is 0 Å². The number of morpholine rings is 1. The lowest BCUT2D eigenvalue weighted by atomic mass is 9.92. The Morgan fingerprint density at radius 3 is 2.31 bits per heavy atom. The van der Waals surface area contributed by atoms with Crippen LogP contribution in [0.4, 0.5) is 17.6 Å². The second-order valence-electron chi connectivity index (χ2n) is 8.94. The summed E-state index contributed by atoms with van der Waals surface area (Å²) in [6.07, 6.45) is 6.20. The van der Waals surface area contributed by atoms with Crippen LogP contribution in [0.25, 0.3) is 0 Å². The molecule has 1 saturated carbocycles. The molecule has 0 bridgehead atoms. The number of hydrogen-bond donors (Lipinski definition) is 2. The Kier molecular flexibility index (Phi) is 6.70. The van der Waals surface area contributed by atoms with E-state index in [0.717, 1.165) is 51.0 Å². The number of rotatable bonds is 4. The number of anilines is 3. The van der Waals surface area contributed by atoms with Gasteiger partial charge in [0.15, 0.2) is 5.11 Å². The van der Waals surface area contributed by atoms with E-state index in [0.29, 0.717) is 28.9 Å². The van der Waals surface area contributed by atoms with Gasteiger partial charge in [-0.3, -0.25) is 0 Å². The predicted molar refractivity (Wildman–Crippen MR) is 122 cm³/mol. The zero-order chi connectivity index (χ0) is 20.2. The lowest BCUT2D eigenvalue weighted by Crippen LogP contribution is -2.41. The lowest BCUT2D eigenvalue weighted by molar-refractivity contribution is 0.122. The SMILES string of the molecule is C[C@@H]1C[C@H](C)CN(c2cc(N3CCOCC3)nc(NC(=S)NC3CCCC3)n2)C1. The molecule has 0 spiro atoms. The smallest absolute Gasteiger partial charge is 0.232 e. The van der Waals surface area contributed by atoms with Crippen LogP contribution < -0.4 is 20.4 Å². The number of hydrogen-bond acceptors (Lipinski definition) is 6. The van der Waals surface area contributed by atoms with Crippen molar-refractivity contribution in [3.8, 4) is 0 Å². The van der Waals surface area contributed by atoms with Gasteiger partial charge < -0.3 is 25.2 Å². The maximum Gasteiger partial charge on any atom is 0.232 e. The van der Waals surface area contributed by atoms with E-state index in [2.05, 4.69) is 40.3 Å². The molecule has 3 fully saturated rings. The van der Waals surface area contributed by atoms with Crippen LogP contribution in [0.5, 0.6) is 0 Å². The molecule has 2 saturated heterocycles. The standard InChI is InChI=1S/C21H34N6OS/c1-15-11-16(2)14-27(13-15)19-12-18(26-7-9-28-10-8-26)23-20(24-19)25-21(29)22-17-5-3-4-6-17/h12,15-17H,3-11,13-14H2,1-2H3,(H2,22,23,24,25,29)/t15-,16+. The van der Waals surface area contributed by atoms with Gasteiger partial charge in [0, 0.05) is 38.3 Å². The molecule has 2 aliphatic heterocycles. The Morgan fingerprint density at radius 1 is 1.03 bits per heavy atom. The number of aromatic nitrogens is 2. The quantitative estimate of drug-likeness (QED) is 0.724. The summed E-state index contributed by atoms with van der Waals surface area (Å²) >= 11 is 5.56. The highest BCUT2D eigenvalue weighted by atomic mass is 32.1. The number of nitrogens with one attached hydrogen (secondary N) is 2. The molecule has 4 rings (SSSR count). The molecule has 2 atom stereocenters. The molecule has 1 aromatic heterocycles. The molecule has 3 heterocycles. The fraction of sp³-hybridized carbons (Fsp3) is 0.762. The van der Waals surface area contributed by atoms with Crippen molar-refractivity contribution in [2.24, 2.45) is 11.8 Å². The van der Waals surface area contributed by atoms with E-state index in [1.165, 1.54) is 32.1 Å². The number of piperidine rings is 1. The Hall–Kier alpha value is -1.67. The molecule has 0 amide bonds. The van der Waals surface area contributed by atoms with Crippen LogP contribution in [-0.2, 0) is 4.74 Å². The van der Waals surface area contributed by atoms with Crippen LogP contribution in [0.1, 0.15) is 46.0 Å². The summed E-state index contributed by atoms with van der Waals surface area (Å²) in [6.45, 7) is 9.91. The second kappa shape index (κ2) is 9.43. The van der Waals surface area contributed by atoms with Gasteiger partial charge >= 0.3 is 0 Å². The zero-order valence-electron chi connectivity index (χ0n) is 17.7. The first-order valence-electron chi connectivity index (χ1n) is 11.1. The predicted octanol–water partition coefficient (Wildman–Crippen LogP) is 3.02. The van der Waals surface area contributed by atoms with Crippen molar-refractivity contribution in [3.05, 3.63) is 6.07 Å². The van der Waals surface area contributed by atoms with Crippen LogP contribution in [0.3, 0.4) is 0 Å². The van der Waals surface area contributed by atoms with Crippen molar-refractivity contribution < 1.29 is 4.74 Å². The van der Waals surface area contributed by atoms with Crippen molar-refractivity contribution >= 4 is 34.9 Å². The monoisotopic (exact) mass is 418 g/mol. The third-order valence-electron chi connectivity index (χ3n) is 6.14. The summed E-state index contributed by atoms with van der Waals surface area (Å²) in [4.78, 5) is 14.3. The van der Waals surface area contributed by atoms with Gasteiger partial charge in [-0.2, -0.15) is 9.97 Å². The highest BCUT2D eigenvalue weighted by Gasteiger charge is 2.25. The fourth-order valence-electron chi connectivity index (χ4n) is 4.84. The third-order valence-corrected chi connectivity index (χ3v) is 6.36. The molecule has 0 radical (unpaired) electrons. The molecule has 2 N–H and O–H groups in total. The molecular weight excluding hydrogens is 384 g/mol. The van der Waals surface area contributed by atoms with Gasteiger partial charge in [-0.15, -0.1) is 0 Å². The first-order valence-corrected chi connectivity index (χ1v) is 11.5. The van der Waals surface area contributed by atoms with Gasteiger partial charge in [0.1, 0.15) is 11.6 Å². The molecule has 1 aromatic rings. The fourth-order valence-corrected chi connectivity index (χ4v) is 5.10. The first-order chi connectivity index (χ1) is 14.1. The maximum absolute atomic E-state index is 5.56. The molecule has 0 unspecified atom stereocenters. The highest BCUT2D eigenvalue weighted by molar-refractivity contribution is 7.80. The minimum absolute atomic E-state index is 0.473. The van der Waals surface area contributed by atoms with E-state index in [-0.39, 0.29) is 0 Å². The van der Waals surface area contributed by atoms with Crippen molar-refractivity contribution in [2.45, 2.75) is 52.0 Å². The van der Waals surface area contributed by atoms with E-state index in [1.54, 1.807) is 0 Å². The van der Waals surface area contributed by atoms with Crippen molar-refractivity contribution in [2.75, 3.05) is 54.5 Å². The molecule has 0 aromatic carbocycles. The largest absolute Gasteiger partial charge is 0.378 e. The molecule has 160 valence electrons. The van der Waals surface area contributed by atoms with Gasteiger partial charge in [0.25, 0.3) is 0 Å². The van der Waals surface area contributed by atoms with E-state index in [4.69, 9.17) is 26.9 Å². The summed E-state index contributed by atoms with van der Waals surface area (Å²) in [5.41, 5.74) is 0. The summed E-state index contributed by atoms with van der Waals surface area (Å²) < 4.78 is 5.52. The number of ether oxygens (including phenoxy) is 1. The first kappa shape index (κ1) is 20.6. The Balaban J connectivity index is 1.54. The summed E-state index contributed by atoms with van der Waals surface area (Å²) in [5.74, 6) is 3.87. The van der Waals surface area contributed by atoms with Crippen LogP contribution in [0.2, 0.25) is 0 Å². The lowest BCUT2D eigenvalue weighted by Gasteiger charge is -2.36. The number of nitrogens with zero attached hydrogens (tertiary/aromatic N) is 4. The minimum atomic E-state index is 0.473. The molecule has 3 aliphatic rings. The highest BCUT2D eigenvalue weighted by Crippen LogP contribution is 2.28. The molecule has 8 heteroatoms. The van der Waals surface area contributed by atoms with Gasteiger partial charge in [0.05, 0.1) is 13.2 Å². The maximum atomic E-state index is 5.56. The van der Waals surface area contributed by atoms with Gasteiger partial charge in [-0.25, -0.2) is 0 Å². The van der Waals surface area contributed by atoms with Gasteiger partial charge in [0.2, 0.25) is 5.95 Å². The summed E-state index contributed by atoms with van der Waals surface area (Å²) in [6, 6.07) is 2.61. The van der Waals surface area contributed by atoms with E-state index >= 15 is 0 Å². The molecule has 1 aliphatic carbocycles. The van der Waals surface area contributed by atoms with Crippen LogP contribution in [-0.4, -0.2) is 60.5 Å². The zero-order valence-corrected chi connectivity index (χ0v) is 18.5. The van der Waals surface area contributed by atoms with Crippen molar-refractivity contribution in [3.63, 3.8) is 0 Å². The van der Waals surface area contributed by atoms with Crippen LogP contribution in [0, 0.1) is 11.8 Å². The molecular formula is C21H34N6OS. The third kappa shape index (κ3) is 5.48. The average molecular weight is 419 g/mol. The van der Waals surface area contributed by atoms with Crippen LogP contribution >= 0.6 is 12.2 Å². The molecule has 29 heavy (non-hydrogen) atoms. The van der Waals surface area contributed by atoms with Gasteiger partial charge in [-0.1, -0.05) is 26.7 Å². The van der Waals surface area contributed by atoms with E-state index in [9.17, 15) is 0 Å². The summed E-state index contributed by atoms with van der Waals surface area (Å²) in [7, 11) is 0. The second-order valence-corrected chi connectivity index (χ2v) is 9.35. The van der Waals surface area contributed by atoms with E-state index < -0.39 is 0 Å². The topological polar surface area (TPSA) is 65.6 Å². The Labute approximate surface area is 179 Å². The Bertz CT molecular complexity index is 694. The molecule has 7 nitrogen and oxygen atoms in total. The summed E-state index contributed by atoms with van der Waals surface area (Å²) in [5, 5.41) is 7.32. The normalized spacial score (nSPS) is 25.9. The van der Waals surface area contributed by atoms with Crippen molar-refractivity contribution in [1.82, 2.24) is 15.3 Å². The van der Waals surface area contributed by atoms with Crippen LogP contribution in [0.15, 0.2) is 6.07 Å². The van der Waals surface area contributed by atoms with Gasteiger partial charge in [-0.05, 0) is 43.3 Å². The van der Waals surface area contributed by atoms with Crippen molar-refractivity contribution in [1.29, 1.82) is 0 Å². The minimum Gasteiger partial charge on any atom is -0.378 e.